The van der Waals surface area contributed by atoms with E-state index in [-0.39, 0.29) is 5.56 Å². The smallest absolute Gasteiger partial charge is 0.341 e. The maximum Gasteiger partial charge on any atom is 0.341 e. The number of aromatic carboxylic acids is 1. The van der Waals surface area contributed by atoms with Crippen molar-refractivity contribution in [2.75, 3.05) is 0 Å². The van der Waals surface area contributed by atoms with Crippen molar-refractivity contribution in [2.45, 2.75) is 6.54 Å². The number of halogens is 1. The van der Waals surface area contributed by atoms with Crippen molar-refractivity contribution in [3.8, 4) is 0 Å². The van der Waals surface area contributed by atoms with E-state index in [1.165, 1.54) is 16.7 Å². The second kappa shape index (κ2) is 5.06. The molecule has 0 aliphatic rings. The van der Waals surface area contributed by atoms with Crippen LogP contribution in [0.25, 0.3) is 0 Å². The van der Waals surface area contributed by atoms with E-state index in [1.807, 2.05) is 6.07 Å². The normalized spacial score (nSPS) is 10.3. The van der Waals surface area contributed by atoms with Gasteiger partial charge < -0.3 is 9.67 Å². The second-order valence-corrected chi connectivity index (χ2v) is 4.23. The molecule has 0 aliphatic heterocycles. The molecule has 0 bridgehead atoms. The summed E-state index contributed by atoms with van der Waals surface area (Å²) in [5.74, 6) is -1.22. The number of carboxylic acids is 1. The summed E-state index contributed by atoms with van der Waals surface area (Å²) < 4.78 is 1.34. The summed E-state index contributed by atoms with van der Waals surface area (Å²) in [6.07, 6.45) is 1.55. The van der Waals surface area contributed by atoms with E-state index >= 15 is 0 Å². The van der Waals surface area contributed by atoms with Gasteiger partial charge in [-0.25, -0.2) is 4.79 Å². The van der Waals surface area contributed by atoms with Gasteiger partial charge >= 0.3 is 5.97 Å². The Bertz CT molecular complexity index is 649. The van der Waals surface area contributed by atoms with Gasteiger partial charge in [0.05, 0.1) is 6.54 Å². The summed E-state index contributed by atoms with van der Waals surface area (Å²) in [6.45, 7) is 0.292. The predicted octanol–water partition coefficient (Wildman–Crippen LogP) is 2.25. The summed E-state index contributed by atoms with van der Waals surface area (Å²) in [6, 6.07) is 9.91. The van der Waals surface area contributed by atoms with Crippen LogP contribution in [0.1, 0.15) is 15.9 Å². The van der Waals surface area contributed by atoms with Gasteiger partial charge in [0.25, 0.3) is 5.56 Å². The molecule has 0 spiro atoms. The summed E-state index contributed by atoms with van der Waals surface area (Å²) >= 11 is 5.85. The first-order valence-electron chi connectivity index (χ1n) is 5.25. The molecule has 18 heavy (non-hydrogen) atoms. The highest BCUT2D eigenvalue weighted by Crippen LogP contribution is 2.11. The van der Waals surface area contributed by atoms with Gasteiger partial charge in [-0.1, -0.05) is 23.7 Å². The van der Waals surface area contributed by atoms with E-state index in [1.54, 1.807) is 24.4 Å². The molecule has 4 nitrogen and oxygen atoms in total. The van der Waals surface area contributed by atoms with Gasteiger partial charge in [0, 0.05) is 11.2 Å². The van der Waals surface area contributed by atoms with E-state index in [0.717, 1.165) is 5.56 Å². The first kappa shape index (κ1) is 12.4. The zero-order valence-electron chi connectivity index (χ0n) is 9.34. The fourth-order valence-corrected chi connectivity index (χ4v) is 1.87. The highest BCUT2D eigenvalue weighted by Gasteiger charge is 2.10. The zero-order chi connectivity index (χ0) is 13.1. The molecular weight excluding hydrogens is 254 g/mol. The molecule has 0 fully saturated rings. The summed E-state index contributed by atoms with van der Waals surface area (Å²) in [5, 5.41) is 9.44. The van der Waals surface area contributed by atoms with Crippen LogP contribution < -0.4 is 5.56 Å². The fourth-order valence-electron chi connectivity index (χ4n) is 1.66. The minimum atomic E-state index is -1.22. The van der Waals surface area contributed by atoms with Crippen LogP contribution in [0.3, 0.4) is 0 Å². The van der Waals surface area contributed by atoms with Crippen molar-refractivity contribution >= 4 is 17.6 Å². The molecule has 0 amide bonds. The average Bonchev–Trinajstić information content (AvgIpc) is 2.31. The number of hydrogen-bond acceptors (Lipinski definition) is 2. The van der Waals surface area contributed by atoms with E-state index in [4.69, 9.17) is 16.7 Å². The van der Waals surface area contributed by atoms with E-state index in [2.05, 4.69) is 0 Å². The number of hydrogen-bond donors (Lipinski definition) is 1. The van der Waals surface area contributed by atoms with Gasteiger partial charge in [0.2, 0.25) is 0 Å². The van der Waals surface area contributed by atoms with Crippen LogP contribution in [0.2, 0.25) is 5.02 Å². The molecule has 0 radical (unpaired) electrons. The molecule has 0 saturated heterocycles. The van der Waals surface area contributed by atoms with Crippen LogP contribution in [0, 0.1) is 0 Å². The molecule has 1 heterocycles. The molecule has 2 rings (SSSR count). The topological polar surface area (TPSA) is 59.3 Å². The average molecular weight is 264 g/mol. The van der Waals surface area contributed by atoms with Crippen molar-refractivity contribution in [2.24, 2.45) is 0 Å². The lowest BCUT2D eigenvalue weighted by Gasteiger charge is -2.06. The Morgan fingerprint density at radius 3 is 2.72 bits per heavy atom. The Morgan fingerprint density at radius 1 is 1.28 bits per heavy atom. The number of aromatic nitrogens is 1. The molecule has 2 aromatic rings. The molecule has 0 unspecified atom stereocenters. The van der Waals surface area contributed by atoms with Gasteiger partial charge in [0.1, 0.15) is 5.56 Å². The molecule has 0 saturated carbocycles. The number of carboxylic acid groups (broad SMARTS) is 1. The first-order valence-corrected chi connectivity index (χ1v) is 5.63. The van der Waals surface area contributed by atoms with Crippen molar-refractivity contribution < 1.29 is 9.90 Å². The van der Waals surface area contributed by atoms with Crippen LogP contribution in [-0.2, 0) is 6.54 Å². The quantitative estimate of drug-likeness (QED) is 0.924. The lowest BCUT2D eigenvalue weighted by Crippen LogP contribution is -2.25. The van der Waals surface area contributed by atoms with Crippen molar-refractivity contribution in [1.82, 2.24) is 4.57 Å². The minimum absolute atomic E-state index is 0.237. The van der Waals surface area contributed by atoms with Gasteiger partial charge in [-0.2, -0.15) is 0 Å². The number of pyridine rings is 1. The summed E-state index contributed by atoms with van der Waals surface area (Å²) in [7, 11) is 0. The van der Waals surface area contributed by atoms with Crippen molar-refractivity contribution in [1.29, 1.82) is 0 Å². The molecule has 92 valence electrons. The Hall–Kier alpha value is -2.07. The first-order chi connectivity index (χ1) is 8.58. The molecule has 0 atom stereocenters. The summed E-state index contributed by atoms with van der Waals surface area (Å²) in [4.78, 5) is 22.7. The molecular formula is C13H10ClNO3. The predicted molar refractivity (Wildman–Crippen MR) is 68.2 cm³/mol. The third-order valence-electron chi connectivity index (χ3n) is 2.49. The number of rotatable bonds is 3. The van der Waals surface area contributed by atoms with Crippen LogP contribution in [-0.4, -0.2) is 15.6 Å². The van der Waals surface area contributed by atoms with E-state index in [9.17, 15) is 9.59 Å². The minimum Gasteiger partial charge on any atom is -0.477 e. The van der Waals surface area contributed by atoms with Crippen LogP contribution in [0.5, 0.6) is 0 Å². The Labute approximate surface area is 108 Å². The molecule has 1 aromatic heterocycles. The summed E-state index contributed by atoms with van der Waals surface area (Å²) in [5.41, 5.74) is 0.0802. The lowest BCUT2D eigenvalue weighted by molar-refractivity contribution is 0.0694. The SMILES string of the molecule is O=C(O)c1cccn(Cc2cccc(Cl)c2)c1=O. The second-order valence-electron chi connectivity index (χ2n) is 3.79. The zero-order valence-corrected chi connectivity index (χ0v) is 10.1. The molecule has 1 N–H and O–H groups in total. The maximum atomic E-state index is 11.8. The van der Waals surface area contributed by atoms with Crippen molar-refractivity contribution in [3.63, 3.8) is 0 Å². The van der Waals surface area contributed by atoms with Gasteiger partial charge in [-0.3, -0.25) is 4.79 Å². The Balaban J connectivity index is 2.38. The third kappa shape index (κ3) is 2.60. The van der Waals surface area contributed by atoms with Gasteiger partial charge in [-0.15, -0.1) is 0 Å². The lowest BCUT2D eigenvalue weighted by atomic mass is 10.2. The van der Waals surface area contributed by atoms with Crippen LogP contribution >= 0.6 is 11.6 Å². The number of carbonyl (C=O) groups is 1. The van der Waals surface area contributed by atoms with Gasteiger partial charge in [0.15, 0.2) is 0 Å². The van der Waals surface area contributed by atoms with Gasteiger partial charge in [-0.05, 0) is 29.8 Å². The fraction of sp³-hybridized carbons (Fsp3) is 0.0769. The molecule has 5 heteroatoms. The third-order valence-corrected chi connectivity index (χ3v) is 2.73. The Morgan fingerprint density at radius 2 is 2.06 bits per heavy atom. The van der Waals surface area contributed by atoms with Crippen LogP contribution in [0.15, 0.2) is 47.4 Å². The number of benzene rings is 1. The standard InChI is InChI=1S/C13H10ClNO3/c14-10-4-1-3-9(7-10)8-15-6-2-5-11(12(15)16)13(17)18/h1-7H,8H2,(H,17,18). The molecule has 0 aliphatic carbocycles. The van der Waals surface area contributed by atoms with Crippen LogP contribution in [0.4, 0.5) is 0 Å². The highest BCUT2D eigenvalue weighted by atomic mass is 35.5. The monoisotopic (exact) mass is 263 g/mol. The Kier molecular flexibility index (Phi) is 3.48. The largest absolute Gasteiger partial charge is 0.477 e. The maximum absolute atomic E-state index is 11.8. The highest BCUT2D eigenvalue weighted by molar-refractivity contribution is 6.30. The number of nitrogens with zero attached hydrogens (tertiary/aromatic N) is 1. The van der Waals surface area contributed by atoms with Crippen molar-refractivity contribution in [3.05, 3.63) is 69.1 Å². The van der Waals surface area contributed by atoms with E-state index < -0.39 is 11.5 Å². The van der Waals surface area contributed by atoms with E-state index in [0.29, 0.717) is 11.6 Å². The molecule has 1 aromatic carbocycles.